The average Bonchev–Trinajstić information content (AvgIpc) is 2.80. The van der Waals surface area contributed by atoms with Crippen LogP contribution in [0.5, 0.6) is 11.5 Å². The topological polar surface area (TPSA) is 57.5 Å². The predicted octanol–water partition coefficient (Wildman–Crippen LogP) is 0.959. The highest BCUT2D eigenvalue weighted by atomic mass is 16.5. The minimum atomic E-state index is -0.0313. The largest absolute Gasteiger partial charge is 0.497 e. The Hall–Kier alpha value is -2.83. The molecule has 0 aliphatic carbocycles. The second kappa shape index (κ2) is 9.54. The van der Waals surface area contributed by atoms with Gasteiger partial charge in [0.2, 0.25) is 5.43 Å². The number of quaternary nitrogens is 2. The van der Waals surface area contributed by atoms with E-state index in [2.05, 4.69) is 6.92 Å². The maximum atomic E-state index is 13.1. The van der Waals surface area contributed by atoms with Crippen molar-refractivity contribution in [2.45, 2.75) is 13.8 Å². The van der Waals surface area contributed by atoms with Crippen LogP contribution in [0.3, 0.4) is 0 Å². The van der Waals surface area contributed by atoms with Gasteiger partial charge in [0.15, 0.2) is 0 Å². The van der Waals surface area contributed by atoms with Gasteiger partial charge in [-0.15, -0.1) is 0 Å². The summed E-state index contributed by atoms with van der Waals surface area (Å²) in [6.07, 6.45) is 0. The Morgan fingerprint density at radius 3 is 2.32 bits per heavy atom. The van der Waals surface area contributed by atoms with Crippen LogP contribution in [0.1, 0.15) is 12.7 Å². The first-order valence-corrected chi connectivity index (χ1v) is 11.1. The highest BCUT2D eigenvalue weighted by Gasteiger charge is 2.21. The molecule has 0 atom stereocenters. The van der Waals surface area contributed by atoms with Gasteiger partial charge in [0.25, 0.3) is 0 Å². The summed E-state index contributed by atoms with van der Waals surface area (Å²) in [4.78, 5) is 16.4. The Labute approximate surface area is 183 Å². The first kappa shape index (κ1) is 21.4. The third-order valence-electron chi connectivity index (χ3n) is 6.31. The Morgan fingerprint density at radius 1 is 0.968 bits per heavy atom. The lowest BCUT2D eigenvalue weighted by atomic mass is 10.0. The lowest BCUT2D eigenvalue weighted by Crippen LogP contribution is -3.28. The molecule has 2 aromatic carbocycles. The SMILES string of the molecule is CC[NH+]1CC[NH+](CCOc2ccc3c(=O)c(-c4ccc(OC)cc4)c(C)oc3c2)CC1. The van der Waals surface area contributed by atoms with Gasteiger partial charge >= 0.3 is 0 Å². The monoisotopic (exact) mass is 424 g/mol. The average molecular weight is 425 g/mol. The third kappa shape index (κ3) is 4.75. The summed E-state index contributed by atoms with van der Waals surface area (Å²) >= 11 is 0. The molecule has 1 saturated heterocycles. The number of nitrogens with one attached hydrogen (secondary N) is 2. The second-order valence-corrected chi connectivity index (χ2v) is 8.20. The Kier molecular flexibility index (Phi) is 6.59. The maximum absolute atomic E-state index is 13.1. The molecule has 3 aromatic rings. The van der Waals surface area contributed by atoms with Crippen molar-refractivity contribution in [1.29, 1.82) is 0 Å². The molecule has 0 saturated carbocycles. The van der Waals surface area contributed by atoms with Crippen molar-refractivity contribution in [3.05, 3.63) is 58.4 Å². The van der Waals surface area contributed by atoms with Gasteiger partial charge in [-0.2, -0.15) is 0 Å². The normalized spacial score (nSPS) is 18.8. The Morgan fingerprint density at radius 2 is 1.65 bits per heavy atom. The molecule has 31 heavy (non-hydrogen) atoms. The first-order valence-electron chi connectivity index (χ1n) is 11.1. The molecule has 1 fully saturated rings. The molecule has 164 valence electrons. The van der Waals surface area contributed by atoms with Gasteiger partial charge in [-0.3, -0.25) is 4.79 Å². The van der Waals surface area contributed by atoms with Gasteiger partial charge in [-0.1, -0.05) is 12.1 Å². The molecule has 6 heteroatoms. The van der Waals surface area contributed by atoms with E-state index in [4.69, 9.17) is 13.9 Å². The lowest BCUT2D eigenvalue weighted by molar-refractivity contribution is -1.01. The van der Waals surface area contributed by atoms with E-state index in [1.165, 1.54) is 32.7 Å². The van der Waals surface area contributed by atoms with Crippen LogP contribution in [0.25, 0.3) is 22.1 Å². The van der Waals surface area contributed by atoms with Gasteiger partial charge in [0.1, 0.15) is 62.2 Å². The molecule has 0 radical (unpaired) electrons. The molecular weight excluding hydrogens is 392 g/mol. The summed E-state index contributed by atoms with van der Waals surface area (Å²) < 4.78 is 17.2. The summed E-state index contributed by atoms with van der Waals surface area (Å²) in [6.45, 7) is 11.8. The maximum Gasteiger partial charge on any atom is 0.200 e. The summed E-state index contributed by atoms with van der Waals surface area (Å²) in [5.74, 6) is 2.09. The summed E-state index contributed by atoms with van der Waals surface area (Å²) in [5.41, 5.74) is 1.93. The van der Waals surface area contributed by atoms with Gasteiger partial charge < -0.3 is 23.7 Å². The zero-order chi connectivity index (χ0) is 21.8. The Balaban J connectivity index is 1.47. The van der Waals surface area contributed by atoms with Crippen molar-refractivity contribution in [2.24, 2.45) is 0 Å². The molecule has 4 rings (SSSR count). The molecular formula is C25H32N2O4+2. The zero-order valence-corrected chi connectivity index (χ0v) is 18.6. The van der Waals surface area contributed by atoms with Crippen LogP contribution in [0.2, 0.25) is 0 Å². The van der Waals surface area contributed by atoms with Gasteiger partial charge in [-0.05, 0) is 43.7 Å². The van der Waals surface area contributed by atoms with Crippen molar-refractivity contribution in [3.63, 3.8) is 0 Å². The van der Waals surface area contributed by atoms with Crippen LogP contribution in [0, 0.1) is 6.92 Å². The van der Waals surface area contributed by atoms with Gasteiger partial charge in [0, 0.05) is 6.07 Å². The number of fused-ring (bicyclic) bond motifs is 1. The van der Waals surface area contributed by atoms with Gasteiger partial charge in [0.05, 0.1) is 24.6 Å². The number of hydrogen-bond acceptors (Lipinski definition) is 4. The molecule has 0 amide bonds. The number of aryl methyl sites for hydroxylation is 1. The molecule has 0 spiro atoms. The highest BCUT2D eigenvalue weighted by molar-refractivity contribution is 5.83. The number of hydrogen-bond donors (Lipinski definition) is 2. The smallest absolute Gasteiger partial charge is 0.200 e. The number of likely N-dealkylation sites (N-methyl/N-ethyl adjacent to an activating group) is 1. The fourth-order valence-electron chi connectivity index (χ4n) is 4.34. The number of piperazine rings is 1. The fraction of sp³-hybridized carbons (Fsp3) is 0.400. The molecule has 0 bridgehead atoms. The molecule has 1 aliphatic rings. The lowest BCUT2D eigenvalue weighted by Gasteiger charge is -2.28. The second-order valence-electron chi connectivity index (χ2n) is 8.20. The molecule has 6 nitrogen and oxygen atoms in total. The number of rotatable bonds is 7. The van der Waals surface area contributed by atoms with Crippen LogP contribution in [0.4, 0.5) is 0 Å². The van der Waals surface area contributed by atoms with E-state index in [-0.39, 0.29) is 5.43 Å². The minimum absolute atomic E-state index is 0.0313. The first-order chi connectivity index (χ1) is 15.1. The van der Waals surface area contributed by atoms with Crippen molar-refractivity contribution in [1.82, 2.24) is 0 Å². The zero-order valence-electron chi connectivity index (χ0n) is 18.6. The van der Waals surface area contributed by atoms with Crippen LogP contribution in [-0.2, 0) is 0 Å². The molecule has 2 heterocycles. The van der Waals surface area contributed by atoms with Gasteiger partial charge in [-0.25, -0.2) is 0 Å². The molecule has 2 N–H and O–H groups in total. The van der Waals surface area contributed by atoms with Crippen LogP contribution in [-0.4, -0.2) is 53.0 Å². The van der Waals surface area contributed by atoms with E-state index in [0.717, 1.165) is 23.6 Å². The molecule has 0 unspecified atom stereocenters. The van der Waals surface area contributed by atoms with E-state index in [1.807, 2.05) is 43.3 Å². The van der Waals surface area contributed by atoms with Crippen LogP contribution >= 0.6 is 0 Å². The highest BCUT2D eigenvalue weighted by Crippen LogP contribution is 2.27. The van der Waals surface area contributed by atoms with Crippen LogP contribution < -0.4 is 24.7 Å². The Bertz CT molecular complexity index is 1080. The quantitative estimate of drug-likeness (QED) is 0.593. The number of methoxy groups -OCH3 is 1. The van der Waals surface area contributed by atoms with Crippen LogP contribution in [0.15, 0.2) is 51.7 Å². The number of benzene rings is 2. The van der Waals surface area contributed by atoms with Crippen molar-refractivity contribution in [2.75, 3.05) is 53.0 Å². The van der Waals surface area contributed by atoms with Crippen molar-refractivity contribution >= 4 is 11.0 Å². The summed E-state index contributed by atoms with van der Waals surface area (Å²) in [5, 5.41) is 0.563. The fourth-order valence-corrected chi connectivity index (χ4v) is 4.34. The van der Waals surface area contributed by atoms with Crippen molar-refractivity contribution < 1.29 is 23.7 Å². The van der Waals surface area contributed by atoms with Crippen molar-refractivity contribution in [3.8, 4) is 22.6 Å². The molecule has 1 aliphatic heterocycles. The van der Waals surface area contributed by atoms with E-state index in [9.17, 15) is 4.79 Å². The number of ether oxygens (including phenoxy) is 2. The predicted molar refractivity (Wildman–Crippen MR) is 122 cm³/mol. The third-order valence-corrected chi connectivity index (χ3v) is 6.31. The molecule has 1 aromatic heterocycles. The van der Waals surface area contributed by atoms with E-state index in [0.29, 0.717) is 28.9 Å². The van der Waals surface area contributed by atoms with E-state index in [1.54, 1.807) is 23.0 Å². The van der Waals surface area contributed by atoms with E-state index >= 15 is 0 Å². The minimum Gasteiger partial charge on any atom is -0.497 e. The summed E-state index contributed by atoms with van der Waals surface area (Å²) in [7, 11) is 1.62. The summed E-state index contributed by atoms with van der Waals surface area (Å²) in [6, 6.07) is 13.0. The standard InChI is InChI=1S/C25H30N2O4/c1-4-26-11-13-27(14-12-26)15-16-30-21-9-10-22-23(17-21)31-18(2)24(25(22)28)19-5-7-20(29-3)8-6-19/h5-10,17H,4,11-16H2,1-3H3/p+2. The van der Waals surface area contributed by atoms with E-state index < -0.39 is 0 Å².